The van der Waals surface area contributed by atoms with E-state index in [0.29, 0.717) is 6.04 Å². The van der Waals surface area contributed by atoms with Crippen LogP contribution >= 0.6 is 0 Å². The monoisotopic (exact) mass is 286 g/mol. The molecule has 114 valence electrons. The number of benzene rings is 1. The van der Waals surface area contributed by atoms with Crippen molar-refractivity contribution in [3.63, 3.8) is 0 Å². The molecule has 1 N–H and O–H groups in total. The van der Waals surface area contributed by atoms with Crippen LogP contribution in [0.5, 0.6) is 5.75 Å². The van der Waals surface area contributed by atoms with Crippen molar-refractivity contribution in [2.75, 3.05) is 19.6 Å². The lowest BCUT2D eigenvalue weighted by Gasteiger charge is -2.40. The maximum absolute atomic E-state index is 6.54. The van der Waals surface area contributed by atoms with Crippen molar-refractivity contribution >= 4 is 0 Å². The fourth-order valence-corrected chi connectivity index (χ4v) is 4.10. The van der Waals surface area contributed by atoms with E-state index in [1.165, 1.54) is 36.9 Å². The number of hydrogen-bond acceptors (Lipinski definition) is 3. The molecule has 0 amide bonds. The fraction of sp³-hybridized carbons (Fsp3) is 0.667. The number of likely N-dealkylation sites (tertiary alicyclic amines) is 1. The lowest BCUT2D eigenvalue weighted by molar-refractivity contribution is 0.0379. The number of nitrogens with one attached hydrogen (secondary N) is 1. The molecule has 2 unspecified atom stereocenters. The Hall–Kier alpha value is -1.06. The molecular formula is C18H26N2O. The van der Waals surface area contributed by atoms with Crippen LogP contribution in [0.1, 0.15) is 49.8 Å². The predicted molar refractivity (Wildman–Crippen MR) is 84.8 cm³/mol. The van der Waals surface area contributed by atoms with E-state index in [4.69, 9.17) is 4.74 Å². The summed E-state index contributed by atoms with van der Waals surface area (Å²) in [5.74, 6) is 1.11. The molecule has 0 aromatic heterocycles. The molecule has 4 rings (SSSR count). The summed E-state index contributed by atoms with van der Waals surface area (Å²) in [5, 5.41) is 3.68. The van der Waals surface area contributed by atoms with Crippen molar-refractivity contribution in [2.45, 2.75) is 57.2 Å². The van der Waals surface area contributed by atoms with Gasteiger partial charge in [0.25, 0.3) is 0 Å². The molecule has 1 saturated carbocycles. The van der Waals surface area contributed by atoms with Gasteiger partial charge in [0.15, 0.2) is 0 Å². The van der Waals surface area contributed by atoms with E-state index in [1.807, 2.05) is 0 Å². The highest BCUT2D eigenvalue weighted by Gasteiger charge is 2.48. The summed E-state index contributed by atoms with van der Waals surface area (Å²) in [6, 6.07) is 7.94. The summed E-state index contributed by atoms with van der Waals surface area (Å²) >= 11 is 0. The summed E-state index contributed by atoms with van der Waals surface area (Å²) in [5.41, 5.74) is 2.71. The largest absolute Gasteiger partial charge is 0.485 e. The van der Waals surface area contributed by atoms with Crippen LogP contribution in [0.15, 0.2) is 18.2 Å². The molecule has 2 heterocycles. The van der Waals surface area contributed by atoms with Gasteiger partial charge < -0.3 is 10.1 Å². The molecule has 1 aromatic carbocycles. The van der Waals surface area contributed by atoms with Crippen molar-refractivity contribution in [1.29, 1.82) is 0 Å². The summed E-state index contributed by atoms with van der Waals surface area (Å²) in [6.07, 6.45) is 5.07. The van der Waals surface area contributed by atoms with Crippen LogP contribution in [0.3, 0.4) is 0 Å². The zero-order chi connectivity index (χ0) is 14.4. The second-order valence-electron chi connectivity index (χ2n) is 7.09. The number of aryl methyl sites for hydroxylation is 1. The summed E-state index contributed by atoms with van der Waals surface area (Å²) < 4.78 is 6.54. The maximum Gasteiger partial charge on any atom is 0.125 e. The third kappa shape index (κ3) is 2.47. The van der Waals surface area contributed by atoms with Crippen LogP contribution in [0.2, 0.25) is 0 Å². The Labute approximate surface area is 127 Å². The van der Waals surface area contributed by atoms with Crippen molar-refractivity contribution in [3.8, 4) is 5.75 Å². The van der Waals surface area contributed by atoms with Crippen LogP contribution in [-0.4, -0.2) is 36.2 Å². The predicted octanol–water partition coefficient (Wildman–Crippen LogP) is 3.04. The third-order valence-corrected chi connectivity index (χ3v) is 5.30. The standard InChI is InChI=1S/C18H26N2O/c1-3-19-16-11-18(8-9-20(12-18)14-5-6-14)21-17-7-4-13(2)10-15(16)17/h4,7,10,14,16,19H,3,5-6,8-9,11-12H2,1-2H3. The van der Waals surface area contributed by atoms with E-state index in [0.717, 1.165) is 31.3 Å². The summed E-state index contributed by atoms with van der Waals surface area (Å²) in [7, 11) is 0. The highest BCUT2D eigenvalue weighted by atomic mass is 16.5. The minimum Gasteiger partial charge on any atom is -0.485 e. The average molecular weight is 286 g/mol. The van der Waals surface area contributed by atoms with E-state index < -0.39 is 0 Å². The van der Waals surface area contributed by atoms with E-state index in [9.17, 15) is 0 Å². The molecule has 1 spiro atoms. The lowest BCUT2D eigenvalue weighted by atomic mass is 9.86. The van der Waals surface area contributed by atoms with Crippen molar-refractivity contribution in [3.05, 3.63) is 29.3 Å². The Kier molecular flexibility index (Phi) is 3.23. The van der Waals surface area contributed by atoms with Gasteiger partial charge in [-0.25, -0.2) is 0 Å². The zero-order valence-corrected chi connectivity index (χ0v) is 13.2. The van der Waals surface area contributed by atoms with Gasteiger partial charge in [-0.1, -0.05) is 24.6 Å². The zero-order valence-electron chi connectivity index (χ0n) is 13.2. The number of rotatable bonds is 3. The molecular weight excluding hydrogens is 260 g/mol. The van der Waals surface area contributed by atoms with Gasteiger partial charge in [0.05, 0.1) is 0 Å². The minimum absolute atomic E-state index is 0.0394. The fourth-order valence-electron chi connectivity index (χ4n) is 4.10. The van der Waals surface area contributed by atoms with Crippen LogP contribution in [0.4, 0.5) is 0 Å². The highest BCUT2D eigenvalue weighted by Crippen LogP contribution is 2.45. The molecule has 0 radical (unpaired) electrons. The Morgan fingerprint density at radius 3 is 3.00 bits per heavy atom. The SMILES string of the molecule is CCNC1CC2(CCN(C3CC3)C2)Oc2ccc(C)cc21. The normalized spacial score (nSPS) is 32.2. The first kappa shape index (κ1) is 13.6. The second kappa shape index (κ2) is 4.99. The Morgan fingerprint density at radius 1 is 1.38 bits per heavy atom. The molecule has 2 aliphatic heterocycles. The molecule has 3 aliphatic rings. The van der Waals surface area contributed by atoms with Gasteiger partial charge in [-0.15, -0.1) is 0 Å². The second-order valence-corrected chi connectivity index (χ2v) is 7.09. The Bertz CT molecular complexity index is 540. The average Bonchev–Trinajstić information content (AvgIpc) is 3.24. The molecule has 3 nitrogen and oxygen atoms in total. The summed E-state index contributed by atoms with van der Waals surface area (Å²) in [4.78, 5) is 2.65. The van der Waals surface area contributed by atoms with Gasteiger partial charge in [-0.3, -0.25) is 4.90 Å². The third-order valence-electron chi connectivity index (χ3n) is 5.30. The first-order valence-corrected chi connectivity index (χ1v) is 8.46. The van der Waals surface area contributed by atoms with Crippen molar-refractivity contribution < 1.29 is 4.74 Å². The Morgan fingerprint density at radius 2 is 2.24 bits per heavy atom. The maximum atomic E-state index is 6.54. The van der Waals surface area contributed by atoms with Gasteiger partial charge >= 0.3 is 0 Å². The first-order valence-electron chi connectivity index (χ1n) is 8.46. The number of fused-ring (bicyclic) bond motifs is 1. The van der Waals surface area contributed by atoms with E-state index in [1.54, 1.807) is 0 Å². The topological polar surface area (TPSA) is 24.5 Å². The first-order chi connectivity index (χ1) is 10.2. The van der Waals surface area contributed by atoms with Gasteiger partial charge in [0.2, 0.25) is 0 Å². The summed E-state index contributed by atoms with van der Waals surface area (Å²) in [6.45, 7) is 7.71. The van der Waals surface area contributed by atoms with Gasteiger partial charge in [-0.2, -0.15) is 0 Å². The smallest absolute Gasteiger partial charge is 0.125 e. The molecule has 1 aromatic rings. The Balaban J connectivity index is 1.62. The van der Waals surface area contributed by atoms with E-state index in [-0.39, 0.29) is 5.60 Å². The minimum atomic E-state index is 0.0394. The molecule has 2 fully saturated rings. The lowest BCUT2D eigenvalue weighted by Crippen LogP contribution is -2.46. The number of ether oxygens (including phenoxy) is 1. The van der Waals surface area contributed by atoms with Crippen LogP contribution in [0, 0.1) is 6.92 Å². The van der Waals surface area contributed by atoms with Gasteiger partial charge in [-0.05, 0) is 32.4 Å². The van der Waals surface area contributed by atoms with Gasteiger partial charge in [0.1, 0.15) is 11.4 Å². The van der Waals surface area contributed by atoms with Crippen molar-refractivity contribution in [1.82, 2.24) is 10.2 Å². The van der Waals surface area contributed by atoms with Crippen molar-refractivity contribution in [2.24, 2.45) is 0 Å². The van der Waals surface area contributed by atoms with E-state index >= 15 is 0 Å². The number of hydrogen-bond donors (Lipinski definition) is 1. The number of nitrogens with zero attached hydrogens (tertiary/aromatic N) is 1. The van der Waals surface area contributed by atoms with E-state index in [2.05, 4.69) is 42.3 Å². The highest BCUT2D eigenvalue weighted by molar-refractivity contribution is 5.42. The molecule has 3 heteroatoms. The van der Waals surface area contributed by atoms with Gasteiger partial charge in [0, 0.05) is 43.6 Å². The quantitative estimate of drug-likeness (QED) is 0.924. The molecule has 21 heavy (non-hydrogen) atoms. The molecule has 0 bridgehead atoms. The molecule has 2 atom stereocenters. The molecule has 1 saturated heterocycles. The van der Waals surface area contributed by atoms with Crippen LogP contribution in [-0.2, 0) is 0 Å². The van der Waals surface area contributed by atoms with Crippen LogP contribution < -0.4 is 10.1 Å². The molecule has 1 aliphatic carbocycles. The van der Waals surface area contributed by atoms with Crippen LogP contribution in [0.25, 0.3) is 0 Å².